The summed E-state index contributed by atoms with van der Waals surface area (Å²) >= 11 is 0. The van der Waals surface area contributed by atoms with Crippen LogP contribution < -0.4 is 20.5 Å². The molecule has 2 aliphatic rings. The third-order valence-corrected chi connectivity index (χ3v) is 5.76. The minimum absolute atomic E-state index is 0.333. The van der Waals surface area contributed by atoms with Gasteiger partial charge in [0.05, 0.1) is 7.11 Å². The van der Waals surface area contributed by atoms with Crippen LogP contribution in [0.3, 0.4) is 0 Å². The van der Waals surface area contributed by atoms with Gasteiger partial charge >= 0.3 is 0 Å². The highest BCUT2D eigenvalue weighted by Gasteiger charge is 2.34. The predicted molar refractivity (Wildman–Crippen MR) is 101 cm³/mol. The van der Waals surface area contributed by atoms with E-state index in [0.717, 1.165) is 17.1 Å². The molecule has 0 heterocycles. The van der Waals surface area contributed by atoms with E-state index in [0.29, 0.717) is 5.41 Å². The molecule has 0 aliphatic heterocycles. The zero-order valence-corrected chi connectivity index (χ0v) is 14.6. The number of methoxy groups -OCH3 is 1. The second-order valence-electron chi connectivity index (χ2n) is 7.14. The van der Waals surface area contributed by atoms with Gasteiger partial charge < -0.3 is 10.1 Å². The molecule has 0 aromatic heterocycles. The Bertz CT molecular complexity index is 858. The SMILES string of the molecule is COc1ccc(Nc2ccc3c(c2)=CC2(CCCCC2)C=3C)cc1. The van der Waals surface area contributed by atoms with Gasteiger partial charge in [-0.15, -0.1) is 0 Å². The monoisotopic (exact) mass is 319 g/mol. The van der Waals surface area contributed by atoms with Crippen molar-refractivity contribution in [1.29, 1.82) is 0 Å². The molecule has 0 amide bonds. The second-order valence-corrected chi connectivity index (χ2v) is 7.14. The molecule has 0 bridgehead atoms. The summed E-state index contributed by atoms with van der Waals surface area (Å²) in [5.74, 6) is 0.882. The number of nitrogens with one attached hydrogen (secondary N) is 1. The molecule has 1 saturated carbocycles. The van der Waals surface area contributed by atoms with Crippen LogP contribution in [0, 0.1) is 5.41 Å². The molecule has 0 unspecified atom stereocenters. The molecule has 0 atom stereocenters. The van der Waals surface area contributed by atoms with Crippen molar-refractivity contribution in [3.63, 3.8) is 0 Å². The zero-order chi connectivity index (χ0) is 16.6. The van der Waals surface area contributed by atoms with Crippen LogP contribution >= 0.6 is 0 Å². The Balaban J connectivity index is 1.65. The quantitative estimate of drug-likeness (QED) is 0.908. The summed E-state index contributed by atoms with van der Waals surface area (Å²) in [5, 5.41) is 6.34. The summed E-state index contributed by atoms with van der Waals surface area (Å²) < 4.78 is 5.22. The molecular formula is C22H25NO. The molecule has 1 N–H and O–H groups in total. The Hall–Kier alpha value is -2.22. The first kappa shape index (κ1) is 15.3. The summed E-state index contributed by atoms with van der Waals surface area (Å²) in [6, 6.07) is 14.9. The van der Waals surface area contributed by atoms with E-state index in [1.807, 2.05) is 12.1 Å². The molecule has 1 fully saturated rings. The van der Waals surface area contributed by atoms with Gasteiger partial charge in [0.25, 0.3) is 0 Å². The van der Waals surface area contributed by atoms with Crippen molar-refractivity contribution >= 4 is 23.0 Å². The second kappa shape index (κ2) is 6.01. The first-order valence-corrected chi connectivity index (χ1v) is 8.96. The summed E-state index contributed by atoms with van der Waals surface area (Å²) in [5.41, 5.74) is 4.14. The molecule has 4 rings (SSSR count). The van der Waals surface area contributed by atoms with E-state index in [1.54, 1.807) is 12.7 Å². The minimum atomic E-state index is 0.333. The fourth-order valence-corrected chi connectivity index (χ4v) is 4.32. The van der Waals surface area contributed by atoms with Crippen molar-refractivity contribution in [2.45, 2.75) is 39.0 Å². The van der Waals surface area contributed by atoms with Crippen LogP contribution in [0.1, 0.15) is 39.0 Å². The normalized spacial score (nSPS) is 18.2. The van der Waals surface area contributed by atoms with Crippen molar-refractivity contribution in [2.75, 3.05) is 12.4 Å². The Morgan fingerprint density at radius 3 is 2.33 bits per heavy atom. The van der Waals surface area contributed by atoms with Crippen LogP contribution in [0.2, 0.25) is 0 Å². The molecule has 0 radical (unpaired) electrons. The maximum Gasteiger partial charge on any atom is 0.119 e. The van der Waals surface area contributed by atoms with E-state index in [1.165, 1.54) is 42.5 Å². The van der Waals surface area contributed by atoms with Crippen molar-refractivity contribution in [1.82, 2.24) is 0 Å². The highest BCUT2D eigenvalue weighted by atomic mass is 16.5. The lowest BCUT2D eigenvalue weighted by Gasteiger charge is -2.33. The van der Waals surface area contributed by atoms with Gasteiger partial charge in [0, 0.05) is 16.8 Å². The van der Waals surface area contributed by atoms with Gasteiger partial charge in [-0.05, 0) is 66.6 Å². The average Bonchev–Trinajstić information content (AvgIpc) is 2.87. The standard InChI is InChI=1S/C22H25NO/c1-16-21-11-8-19(23-18-6-9-20(24-2)10-7-18)14-17(21)15-22(16)12-4-3-5-13-22/h6-11,14-15,23H,3-5,12-13H2,1-2H3. The molecule has 124 valence electrons. The number of ether oxygens (including phenoxy) is 1. The number of rotatable bonds is 3. The van der Waals surface area contributed by atoms with E-state index in [2.05, 4.69) is 48.6 Å². The van der Waals surface area contributed by atoms with E-state index in [4.69, 9.17) is 4.74 Å². The fraction of sp³-hybridized carbons (Fsp3) is 0.364. The van der Waals surface area contributed by atoms with Crippen LogP contribution in [-0.2, 0) is 0 Å². The number of benzene rings is 2. The van der Waals surface area contributed by atoms with E-state index < -0.39 is 0 Å². The minimum Gasteiger partial charge on any atom is -0.497 e. The van der Waals surface area contributed by atoms with Crippen molar-refractivity contribution in [3.8, 4) is 5.75 Å². The van der Waals surface area contributed by atoms with Crippen LogP contribution in [0.5, 0.6) is 5.75 Å². The number of fused-ring (bicyclic) bond motifs is 1. The third-order valence-electron chi connectivity index (χ3n) is 5.76. The zero-order valence-electron chi connectivity index (χ0n) is 14.6. The maximum atomic E-state index is 5.22. The van der Waals surface area contributed by atoms with Gasteiger partial charge in [0.2, 0.25) is 0 Å². The van der Waals surface area contributed by atoms with Gasteiger partial charge in [-0.25, -0.2) is 0 Å². The maximum absolute atomic E-state index is 5.22. The molecule has 24 heavy (non-hydrogen) atoms. The van der Waals surface area contributed by atoms with Crippen LogP contribution in [0.4, 0.5) is 11.4 Å². The first-order chi connectivity index (χ1) is 11.7. The lowest BCUT2D eigenvalue weighted by Crippen LogP contribution is -2.23. The number of hydrogen-bond acceptors (Lipinski definition) is 2. The van der Waals surface area contributed by atoms with Gasteiger partial charge in [-0.2, -0.15) is 0 Å². The third kappa shape index (κ3) is 2.60. The molecule has 2 heteroatoms. The van der Waals surface area contributed by atoms with Gasteiger partial charge in [0.1, 0.15) is 5.75 Å². The molecule has 2 aromatic carbocycles. The Morgan fingerprint density at radius 1 is 0.917 bits per heavy atom. The van der Waals surface area contributed by atoms with Crippen LogP contribution in [0.15, 0.2) is 42.5 Å². The number of hydrogen-bond donors (Lipinski definition) is 1. The molecule has 2 aliphatic carbocycles. The Morgan fingerprint density at radius 2 is 1.62 bits per heavy atom. The van der Waals surface area contributed by atoms with Crippen LogP contribution in [0.25, 0.3) is 11.6 Å². The topological polar surface area (TPSA) is 21.3 Å². The summed E-state index contributed by atoms with van der Waals surface area (Å²) in [4.78, 5) is 0. The molecule has 2 aromatic rings. The van der Waals surface area contributed by atoms with Crippen molar-refractivity contribution in [2.24, 2.45) is 5.41 Å². The van der Waals surface area contributed by atoms with Crippen molar-refractivity contribution < 1.29 is 4.74 Å². The summed E-state index contributed by atoms with van der Waals surface area (Å²) in [6.45, 7) is 2.34. The van der Waals surface area contributed by atoms with E-state index in [-0.39, 0.29) is 0 Å². The Kier molecular flexibility index (Phi) is 3.84. The molecular weight excluding hydrogens is 294 g/mol. The average molecular weight is 319 g/mol. The lowest BCUT2D eigenvalue weighted by atomic mass is 9.71. The van der Waals surface area contributed by atoms with E-state index >= 15 is 0 Å². The van der Waals surface area contributed by atoms with Gasteiger partial charge in [-0.1, -0.05) is 37.0 Å². The van der Waals surface area contributed by atoms with Gasteiger partial charge in [0.15, 0.2) is 0 Å². The molecule has 1 spiro atoms. The first-order valence-electron chi connectivity index (χ1n) is 8.96. The predicted octanol–water partition coefficient (Wildman–Crippen LogP) is 4.35. The van der Waals surface area contributed by atoms with E-state index in [9.17, 15) is 0 Å². The highest BCUT2D eigenvalue weighted by Crippen LogP contribution is 2.45. The smallest absolute Gasteiger partial charge is 0.119 e. The van der Waals surface area contributed by atoms with Gasteiger partial charge in [-0.3, -0.25) is 0 Å². The molecule has 0 saturated heterocycles. The largest absolute Gasteiger partial charge is 0.497 e. The summed E-state index contributed by atoms with van der Waals surface area (Å²) in [6.07, 6.45) is 9.28. The highest BCUT2D eigenvalue weighted by molar-refractivity contribution is 5.70. The Labute approximate surface area is 143 Å². The lowest BCUT2D eigenvalue weighted by molar-refractivity contribution is 0.358. The van der Waals surface area contributed by atoms with Crippen LogP contribution in [-0.4, -0.2) is 7.11 Å². The summed E-state index contributed by atoms with van der Waals surface area (Å²) in [7, 11) is 1.69. The molecule has 2 nitrogen and oxygen atoms in total. The van der Waals surface area contributed by atoms with Crippen molar-refractivity contribution in [3.05, 3.63) is 52.9 Å². The fourth-order valence-electron chi connectivity index (χ4n) is 4.32. The number of anilines is 2.